The van der Waals surface area contributed by atoms with Gasteiger partial charge in [-0.05, 0) is 6.42 Å². The first kappa shape index (κ1) is 8.72. The molecule has 0 aliphatic carbocycles. The van der Waals surface area contributed by atoms with Crippen LogP contribution in [0.2, 0.25) is 0 Å². The van der Waals surface area contributed by atoms with Gasteiger partial charge in [-0.2, -0.15) is 0 Å². The fourth-order valence-corrected chi connectivity index (χ4v) is 1.79. The minimum absolute atomic E-state index is 0.0885. The van der Waals surface area contributed by atoms with Crippen LogP contribution in [0.15, 0.2) is 18.7 Å². The van der Waals surface area contributed by atoms with Gasteiger partial charge in [0.2, 0.25) is 0 Å². The van der Waals surface area contributed by atoms with Gasteiger partial charge in [-0.3, -0.25) is 0 Å². The summed E-state index contributed by atoms with van der Waals surface area (Å²) in [5.74, 6) is 0. The Kier molecular flexibility index (Phi) is 2.33. The van der Waals surface area contributed by atoms with Gasteiger partial charge in [-0.1, -0.05) is 6.92 Å². The number of piperazine rings is 1. The molecule has 71 valence electrons. The lowest BCUT2D eigenvalue weighted by molar-refractivity contribution is 0.164. The third kappa shape index (κ3) is 1.47. The van der Waals surface area contributed by atoms with Gasteiger partial charge < -0.3 is 9.88 Å². The van der Waals surface area contributed by atoms with Crippen LogP contribution < -0.4 is 10.6 Å². The van der Waals surface area contributed by atoms with E-state index < -0.39 is 0 Å². The molecule has 1 aliphatic heterocycles. The second-order valence-corrected chi connectivity index (χ2v) is 3.36. The summed E-state index contributed by atoms with van der Waals surface area (Å²) in [5.41, 5.74) is -0.0885. The number of nitrogens with zero attached hydrogens (tertiary/aromatic N) is 3. The monoisotopic (exact) mass is 179 g/mol. The fraction of sp³-hybridized carbons (Fsp3) is 0.667. The lowest BCUT2D eigenvalue weighted by Gasteiger charge is -2.37. The maximum absolute atomic E-state index is 4.68. The Morgan fingerprint density at radius 3 is 3.08 bits per heavy atom. The standard InChI is InChI=1S/C9H15N4/c1-2-9(7-10-3-4-12-9)13-6-5-11-8-13/h5-6,8,10H,2-4,7H2,1H3. The Bertz CT molecular complexity index is 249. The molecule has 4 heteroatoms. The summed E-state index contributed by atoms with van der Waals surface area (Å²) in [6.45, 7) is 4.97. The highest BCUT2D eigenvalue weighted by Gasteiger charge is 2.32. The van der Waals surface area contributed by atoms with Gasteiger partial charge >= 0.3 is 0 Å². The Morgan fingerprint density at radius 1 is 1.62 bits per heavy atom. The molecule has 1 radical (unpaired) electrons. The molecule has 1 aromatic heterocycles. The van der Waals surface area contributed by atoms with Crippen molar-refractivity contribution in [3.8, 4) is 0 Å². The molecule has 1 saturated heterocycles. The van der Waals surface area contributed by atoms with Gasteiger partial charge in [0.1, 0.15) is 5.66 Å². The molecule has 2 rings (SSSR count). The molecule has 1 fully saturated rings. The van der Waals surface area contributed by atoms with Crippen molar-refractivity contribution in [3.05, 3.63) is 18.7 Å². The smallest absolute Gasteiger partial charge is 0.123 e. The van der Waals surface area contributed by atoms with Crippen LogP contribution in [0, 0.1) is 0 Å². The Balaban J connectivity index is 2.23. The summed E-state index contributed by atoms with van der Waals surface area (Å²) in [7, 11) is 0. The second kappa shape index (κ2) is 3.47. The van der Waals surface area contributed by atoms with Crippen molar-refractivity contribution in [1.82, 2.24) is 20.2 Å². The molecule has 0 amide bonds. The highest BCUT2D eigenvalue weighted by atomic mass is 15.3. The quantitative estimate of drug-likeness (QED) is 0.702. The van der Waals surface area contributed by atoms with Crippen LogP contribution in [0.3, 0.4) is 0 Å². The summed E-state index contributed by atoms with van der Waals surface area (Å²) in [6, 6.07) is 0. The van der Waals surface area contributed by atoms with Crippen LogP contribution in [-0.2, 0) is 5.66 Å². The summed E-state index contributed by atoms with van der Waals surface area (Å²) >= 11 is 0. The second-order valence-electron chi connectivity index (χ2n) is 3.36. The number of imidazole rings is 1. The van der Waals surface area contributed by atoms with Crippen LogP contribution in [0.5, 0.6) is 0 Å². The highest BCUT2D eigenvalue weighted by Crippen LogP contribution is 2.19. The van der Waals surface area contributed by atoms with E-state index in [1.165, 1.54) is 0 Å². The fourth-order valence-electron chi connectivity index (χ4n) is 1.79. The zero-order valence-corrected chi connectivity index (χ0v) is 7.90. The number of aromatic nitrogens is 2. The van der Waals surface area contributed by atoms with Crippen molar-refractivity contribution in [3.63, 3.8) is 0 Å². The van der Waals surface area contributed by atoms with E-state index in [1.54, 1.807) is 0 Å². The molecule has 4 nitrogen and oxygen atoms in total. The Morgan fingerprint density at radius 2 is 2.54 bits per heavy atom. The Labute approximate surface area is 78.4 Å². The normalized spacial score (nSPS) is 29.0. The van der Waals surface area contributed by atoms with E-state index in [9.17, 15) is 0 Å². The molecule has 1 atom stereocenters. The van der Waals surface area contributed by atoms with E-state index in [0.29, 0.717) is 0 Å². The molecule has 1 unspecified atom stereocenters. The van der Waals surface area contributed by atoms with E-state index >= 15 is 0 Å². The molecule has 2 heterocycles. The maximum atomic E-state index is 4.68. The number of hydrogen-bond acceptors (Lipinski definition) is 2. The molecular formula is C9H15N4. The van der Waals surface area contributed by atoms with Crippen LogP contribution in [0.1, 0.15) is 13.3 Å². The topological polar surface area (TPSA) is 44.0 Å². The molecule has 1 aliphatic rings. The predicted octanol–water partition coefficient (Wildman–Crippen LogP) is 0.153. The molecule has 0 bridgehead atoms. The molecular weight excluding hydrogens is 164 g/mol. The van der Waals surface area contributed by atoms with Crippen LogP contribution in [0.4, 0.5) is 0 Å². The van der Waals surface area contributed by atoms with Crippen molar-refractivity contribution >= 4 is 0 Å². The highest BCUT2D eigenvalue weighted by molar-refractivity contribution is 4.93. The molecule has 0 spiro atoms. The van der Waals surface area contributed by atoms with Gasteiger partial charge in [0, 0.05) is 32.0 Å². The van der Waals surface area contributed by atoms with E-state index in [-0.39, 0.29) is 5.66 Å². The van der Waals surface area contributed by atoms with Crippen LogP contribution >= 0.6 is 0 Å². The van der Waals surface area contributed by atoms with Crippen molar-refractivity contribution in [2.75, 3.05) is 19.6 Å². The maximum Gasteiger partial charge on any atom is 0.123 e. The van der Waals surface area contributed by atoms with Crippen molar-refractivity contribution in [2.24, 2.45) is 0 Å². The van der Waals surface area contributed by atoms with E-state index in [1.807, 2.05) is 18.7 Å². The van der Waals surface area contributed by atoms with Crippen LogP contribution in [0.25, 0.3) is 0 Å². The minimum Gasteiger partial charge on any atom is -0.316 e. The first-order valence-electron chi connectivity index (χ1n) is 4.75. The van der Waals surface area contributed by atoms with E-state index in [4.69, 9.17) is 0 Å². The molecule has 13 heavy (non-hydrogen) atoms. The zero-order valence-electron chi connectivity index (χ0n) is 7.90. The summed E-state index contributed by atoms with van der Waals surface area (Å²) in [5, 5.41) is 8.05. The number of nitrogens with one attached hydrogen (secondary N) is 1. The lowest BCUT2D eigenvalue weighted by atomic mass is 10.1. The third-order valence-corrected chi connectivity index (χ3v) is 2.65. The summed E-state index contributed by atoms with van der Waals surface area (Å²) in [6.07, 6.45) is 6.65. The van der Waals surface area contributed by atoms with Crippen molar-refractivity contribution in [2.45, 2.75) is 19.0 Å². The van der Waals surface area contributed by atoms with Gasteiger partial charge in [-0.25, -0.2) is 10.3 Å². The zero-order chi connectivity index (χ0) is 9.15. The van der Waals surface area contributed by atoms with Gasteiger partial charge in [0.05, 0.1) is 6.33 Å². The summed E-state index contributed by atoms with van der Waals surface area (Å²) in [4.78, 5) is 4.07. The minimum atomic E-state index is -0.0885. The van der Waals surface area contributed by atoms with Gasteiger partial charge in [0.15, 0.2) is 0 Å². The number of rotatable bonds is 2. The summed E-state index contributed by atoms with van der Waals surface area (Å²) < 4.78 is 2.10. The lowest BCUT2D eigenvalue weighted by Crippen LogP contribution is -2.55. The molecule has 1 N–H and O–H groups in total. The van der Waals surface area contributed by atoms with Gasteiger partial charge in [-0.15, -0.1) is 0 Å². The average molecular weight is 179 g/mol. The number of hydrogen-bond donors (Lipinski definition) is 1. The predicted molar refractivity (Wildman–Crippen MR) is 50.4 cm³/mol. The molecule has 1 aromatic rings. The van der Waals surface area contributed by atoms with E-state index in [2.05, 4.69) is 27.1 Å². The van der Waals surface area contributed by atoms with Crippen molar-refractivity contribution < 1.29 is 0 Å². The van der Waals surface area contributed by atoms with Crippen LogP contribution in [-0.4, -0.2) is 29.2 Å². The molecule has 0 aromatic carbocycles. The SMILES string of the molecule is CCC1(n2ccnc2)CNCC[N]1. The third-order valence-electron chi connectivity index (χ3n) is 2.65. The molecule has 0 saturated carbocycles. The first-order valence-corrected chi connectivity index (χ1v) is 4.75. The first-order chi connectivity index (χ1) is 6.37. The Hall–Kier alpha value is -0.870. The largest absolute Gasteiger partial charge is 0.316 e. The average Bonchev–Trinajstić information content (AvgIpc) is 2.72. The van der Waals surface area contributed by atoms with E-state index in [0.717, 1.165) is 26.1 Å². The van der Waals surface area contributed by atoms with Gasteiger partial charge in [0.25, 0.3) is 0 Å². The van der Waals surface area contributed by atoms with Crippen molar-refractivity contribution in [1.29, 1.82) is 0 Å².